The fourth-order valence-corrected chi connectivity index (χ4v) is 4.86. The molecule has 24 heavy (non-hydrogen) atoms. The van der Waals surface area contributed by atoms with Crippen molar-refractivity contribution in [2.24, 2.45) is 11.8 Å². The summed E-state index contributed by atoms with van der Waals surface area (Å²) in [5.74, 6) is 1.98. The SMILES string of the molecule is CC(C)C(=O)Nc1ccc(SCC2CCCN3CCCCC23)nc1. The maximum atomic E-state index is 11.7. The van der Waals surface area contributed by atoms with Crippen molar-refractivity contribution in [3.63, 3.8) is 0 Å². The van der Waals surface area contributed by atoms with E-state index in [1.54, 1.807) is 6.20 Å². The highest BCUT2D eigenvalue weighted by Crippen LogP contribution is 2.34. The summed E-state index contributed by atoms with van der Waals surface area (Å²) in [5, 5.41) is 3.95. The zero-order valence-electron chi connectivity index (χ0n) is 14.8. The Labute approximate surface area is 149 Å². The highest BCUT2D eigenvalue weighted by atomic mass is 32.2. The zero-order valence-corrected chi connectivity index (χ0v) is 15.6. The van der Waals surface area contributed by atoms with Crippen LogP contribution in [0.1, 0.15) is 46.0 Å². The van der Waals surface area contributed by atoms with Crippen molar-refractivity contribution in [1.29, 1.82) is 0 Å². The minimum absolute atomic E-state index is 0.0104. The Morgan fingerprint density at radius 1 is 1.29 bits per heavy atom. The Hall–Kier alpha value is -1.07. The van der Waals surface area contributed by atoms with Gasteiger partial charge in [-0.3, -0.25) is 4.79 Å². The lowest BCUT2D eigenvalue weighted by Gasteiger charge is -2.44. The minimum atomic E-state index is -0.0104. The van der Waals surface area contributed by atoms with Crippen molar-refractivity contribution in [3.8, 4) is 0 Å². The first-order chi connectivity index (χ1) is 11.6. The van der Waals surface area contributed by atoms with Gasteiger partial charge in [-0.2, -0.15) is 0 Å². The van der Waals surface area contributed by atoms with Crippen molar-refractivity contribution >= 4 is 23.4 Å². The molecule has 2 saturated heterocycles. The molecule has 5 heteroatoms. The van der Waals surface area contributed by atoms with Crippen molar-refractivity contribution in [2.45, 2.75) is 57.0 Å². The van der Waals surface area contributed by atoms with Crippen LogP contribution in [0.3, 0.4) is 0 Å². The van der Waals surface area contributed by atoms with Crippen LogP contribution < -0.4 is 5.32 Å². The summed E-state index contributed by atoms with van der Waals surface area (Å²) >= 11 is 1.87. The quantitative estimate of drug-likeness (QED) is 0.817. The van der Waals surface area contributed by atoms with Crippen LogP contribution in [-0.2, 0) is 4.79 Å². The fraction of sp³-hybridized carbons (Fsp3) is 0.684. The molecule has 2 aliphatic heterocycles. The van der Waals surface area contributed by atoms with E-state index in [9.17, 15) is 4.79 Å². The molecule has 1 aromatic rings. The lowest BCUT2D eigenvalue weighted by atomic mass is 9.85. The molecule has 0 radical (unpaired) electrons. The Balaban J connectivity index is 1.52. The zero-order chi connectivity index (χ0) is 16.9. The first-order valence-corrected chi connectivity index (χ1v) is 10.3. The van der Waals surface area contributed by atoms with Gasteiger partial charge in [-0.25, -0.2) is 4.98 Å². The molecule has 0 saturated carbocycles. The molecule has 2 atom stereocenters. The molecule has 3 heterocycles. The molecule has 1 aromatic heterocycles. The first-order valence-electron chi connectivity index (χ1n) is 9.27. The molecular formula is C19H29N3OS. The number of rotatable bonds is 5. The number of nitrogens with zero attached hydrogens (tertiary/aromatic N) is 2. The van der Waals surface area contributed by atoms with Gasteiger partial charge in [-0.15, -0.1) is 11.8 Å². The van der Waals surface area contributed by atoms with E-state index in [-0.39, 0.29) is 11.8 Å². The van der Waals surface area contributed by atoms with Crippen LogP contribution in [0.5, 0.6) is 0 Å². The molecule has 2 fully saturated rings. The molecular weight excluding hydrogens is 318 g/mol. The maximum absolute atomic E-state index is 11.7. The minimum Gasteiger partial charge on any atom is -0.325 e. The molecule has 2 aliphatic rings. The summed E-state index contributed by atoms with van der Waals surface area (Å²) in [6, 6.07) is 4.79. The third-order valence-corrected chi connectivity index (χ3v) is 6.33. The Bertz CT molecular complexity index is 544. The van der Waals surface area contributed by atoms with Gasteiger partial charge in [0.2, 0.25) is 5.91 Å². The average molecular weight is 348 g/mol. The summed E-state index contributed by atoms with van der Waals surface area (Å²) in [6.45, 7) is 6.39. The standard InChI is InChI=1S/C19H29N3OS/c1-14(2)19(23)21-16-8-9-18(20-12-16)24-13-15-6-5-11-22-10-4-3-7-17(15)22/h8-9,12,14-15,17H,3-7,10-11,13H2,1-2H3,(H,21,23). The second kappa shape index (κ2) is 8.34. The van der Waals surface area contributed by atoms with Gasteiger partial charge in [-0.1, -0.05) is 20.3 Å². The smallest absolute Gasteiger partial charge is 0.226 e. The normalized spacial score (nSPS) is 24.6. The van der Waals surface area contributed by atoms with Gasteiger partial charge in [0.1, 0.15) is 0 Å². The maximum Gasteiger partial charge on any atom is 0.226 e. The predicted molar refractivity (Wildman–Crippen MR) is 100 cm³/mol. The van der Waals surface area contributed by atoms with Crippen LogP contribution in [0.25, 0.3) is 0 Å². The fourth-order valence-electron chi connectivity index (χ4n) is 3.79. The van der Waals surface area contributed by atoms with Gasteiger partial charge in [-0.05, 0) is 56.8 Å². The number of aromatic nitrogens is 1. The lowest BCUT2D eigenvalue weighted by molar-refractivity contribution is -0.118. The van der Waals surface area contributed by atoms with Gasteiger partial charge in [0.25, 0.3) is 0 Å². The van der Waals surface area contributed by atoms with E-state index in [1.165, 1.54) is 45.2 Å². The number of carbonyl (C=O) groups excluding carboxylic acids is 1. The van der Waals surface area contributed by atoms with E-state index in [4.69, 9.17) is 0 Å². The van der Waals surface area contributed by atoms with Gasteiger partial charge in [0, 0.05) is 17.7 Å². The number of carbonyl (C=O) groups is 1. The van der Waals surface area contributed by atoms with Crippen LogP contribution in [0.4, 0.5) is 5.69 Å². The van der Waals surface area contributed by atoms with Crippen molar-refractivity contribution in [2.75, 3.05) is 24.2 Å². The molecule has 4 nitrogen and oxygen atoms in total. The summed E-state index contributed by atoms with van der Waals surface area (Å²) in [7, 11) is 0. The molecule has 3 rings (SSSR count). The van der Waals surface area contributed by atoms with Gasteiger partial charge < -0.3 is 10.2 Å². The Kier molecular flexibility index (Phi) is 6.17. The second-order valence-electron chi connectivity index (χ2n) is 7.34. The molecule has 2 unspecified atom stereocenters. The number of nitrogens with one attached hydrogen (secondary N) is 1. The monoisotopic (exact) mass is 347 g/mol. The number of amides is 1. The number of anilines is 1. The molecule has 0 aliphatic carbocycles. The number of pyridine rings is 1. The van der Waals surface area contributed by atoms with E-state index < -0.39 is 0 Å². The summed E-state index contributed by atoms with van der Waals surface area (Å²) in [6.07, 6.45) is 8.62. The number of thioether (sulfide) groups is 1. The van der Waals surface area contributed by atoms with Crippen LogP contribution in [0.15, 0.2) is 23.4 Å². The van der Waals surface area contributed by atoms with E-state index in [0.29, 0.717) is 0 Å². The highest BCUT2D eigenvalue weighted by Gasteiger charge is 2.32. The number of hydrogen-bond acceptors (Lipinski definition) is 4. The van der Waals surface area contributed by atoms with Crippen LogP contribution in [0.2, 0.25) is 0 Å². The Morgan fingerprint density at radius 2 is 2.12 bits per heavy atom. The first kappa shape index (κ1) is 17.7. The third kappa shape index (κ3) is 4.51. The molecule has 0 aromatic carbocycles. The summed E-state index contributed by atoms with van der Waals surface area (Å²) < 4.78 is 0. The largest absolute Gasteiger partial charge is 0.325 e. The van der Waals surface area contributed by atoms with Gasteiger partial charge in [0.15, 0.2) is 0 Å². The van der Waals surface area contributed by atoms with Crippen molar-refractivity contribution in [1.82, 2.24) is 9.88 Å². The van der Waals surface area contributed by atoms with E-state index >= 15 is 0 Å². The number of hydrogen-bond donors (Lipinski definition) is 1. The third-order valence-electron chi connectivity index (χ3n) is 5.20. The Morgan fingerprint density at radius 3 is 2.88 bits per heavy atom. The number of piperidine rings is 2. The van der Waals surface area contributed by atoms with Gasteiger partial charge in [0.05, 0.1) is 16.9 Å². The molecule has 0 spiro atoms. The number of fused-ring (bicyclic) bond motifs is 1. The van der Waals surface area contributed by atoms with Crippen LogP contribution in [-0.4, -0.2) is 40.7 Å². The average Bonchev–Trinajstić information content (AvgIpc) is 2.61. The van der Waals surface area contributed by atoms with Crippen molar-refractivity contribution in [3.05, 3.63) is 18.3 Å². The topological polar surface area (TPSA) is 45.2 Å². The lowest BCUT2D eigenvalue weighted by Crippen LogP contribution is -2.48. The van der Waals surface area contributed by atoms with Crippen LogP contribution >= 0.6 is 11.8 Å². The second-order valence-corrected chi connectivity index (χ2v) is 8.38. The summed E-state index contributed by atoms with van der Waals surface area (Å²) in [4.78, 5) is 18.9. The molecule has 0 bridgehead atoms. The van der Waals surface area contributed by atoms with E-state index in [2.05, 4.69) is 15.2 Å². The van der Waals surface area contributed by atoms with E-state index in [0.717, 1.165) is 28.4 Å². The summed E-state index contributed by atoms with van der Waals surface area (Å²) in [5.41, 5.74) is 0.786. The van der Waals surface area contributed by atoms with Crippen molar-refractivity contribution < 1.29 is 4.79 Å². The molecule has 1 N–H and O–H groups in total. The molecule has 132 valence electrons. The molecule has 1 amide bonds. The van der Waals surface area contributed by atoms with Gasteiger partial charge >= 0.3 is 0 Å². The van der Waals surface area contributed by atoms with E-state index in [1.807, 2.05) is 37.7 Å². The van der Waals surface area contributed by atoms with Crippen LogP contribution in [0, 0.1) is 11.8 Å². The highest BCUT2D eigenvalue weighted by molar-refractivity contribution is 7.99. The predicted octanol–water partition coefficient (Wildman–Crippen LogP) is 4.03.